The van der Waals surface area contributed by atoms with Gasteiger partial charge in [0.05, 0.1) is 16.1 Å². The van der Waals surface area contributed by atoms with Gasteiger partial charge < -0.3 is 15.1 Å². The van der Waals surface area contributed by atoms with Crippen molar-refractivity contribution in [1.82, 2.24) is 10.2 Å². The molecule has 0 atom stereocenters. The largest absolute Gasteiger partial charge is 0.369 e. The molecule has 1 aliphatic rings. The van der Waals surface area contributed by atoms with Crippen LogP contribution < -0.4 is 14.9 Å². The van der Waals surface area contributed by atoms with E-state index < -0.39 is 15.9 Å². The summed E-state index contributed by atoms with van der Waals surface area (Å²) in [5, 5.41) is 2.83. The van der Waals surface area contributed by atoms with E-state index in [1.807, 2.05) is 0 Å². The predicted octanol–water partition coefficient (Wildman–Crippen LogP) is 2.25. The van der Waals surface area contributed by atoms with E-state index in [1.165, 1.54) is 25.2 Å². The molecule has 0 aliphatic carbocycles. The minimum atomic E-state index is -3.85. The van der Waals surface area contributed by atoms with Gasteiger partial charge >= 0.3 is 0 Å². The molecule has 2 aromatic carbocycles. The zero-order valence-corrected chi connectivity index (χ0v) is 17.3. The van der Waals surface area contributed by atoms with E-state index in [-0.39, 0.29) is 16.1 Å². The van der Waals surface area contributed by atoms with E-state index in [0.29, 0.717) is 5.02 Å². The van der Waals surface area contributed by atoms with Gasteiger partial charge in [-0.05, 0) is 49.5 Å². The van der Waals surface area contributed by atoms with E-state index in [1.54, 1.807) is 24.3 Å². The maximum Gasteiger partial charge on any atom is 0.261 e. The van der Waals surface area contributed by atoms with Crippen molar-refractivity contribution in [1.29, 1.82) is 0 Å². The molecule has 0 bridgehead atoms. The number of halogens is 1. The Kier molecular flexibility index (Phi) is 6.12. The minimum absolute atomic E-state index is 0.128. The van der Waals surface area contributed by atoms with Crippen LogP contribution in [0.15, 0.2) is 47.4 Å². The number of carbonyl (C=O) groups excluding carboxylic acids is 1. The first-order valence-corrected chi connectivity index (χ1v) is 10.7. The molecule has 1 amide bonds. The first kappa shape index (κ1) is 20.4. The predicted molar refractivity (Wildman–Crippen MR) is 112 cm³/mol. The average molecular weight is 423 g/mol. The third kappa shape index (κ3) is 4.57. The SMILES string of the molecule is CNC(=O)c1cc(Cl)ccc1NS(=O)(=O)c1ccc(N2CCN(C)CC2)cc1. The van der Waals surface area contributed by atoms with Crippen molar-refractivity contribution in [2.24, 2.45) is 0 Å². The summed E-state index contributed by atoms with van der Waals surface area (Å²) in [4.78, 5) is 16.7. The second-order valence-electron chi connectivity index (χ2n) is 6.66. The number of rotatable bonds is 5. The topological polar surface area (TPSA) is 81.8 Å². The Morgan fingerprint density at radius 3 is 2.29 bits per heavy atom. The number of amides is 1. The van der Waals surface area contributed by atoms with Gasteiger partial charge in [-0.1, -0.05) is 11.6 Å². The first-order valence-electron chi connectivity index (χ1n) is 8.88. The highest BCUT2D eigenvalue weighted by Gasteiger charge is 2.20. The van der Waals surface area contributed by atoms with Crippen LogP contribution in [0.4, 0.5) is 11.4 Å². The Labute approximate surface area is 170 Å². The van der Waals surface area contributed by atoms with Crippen LogP contribution in [-0.2, 0) is 10.0 Å². The fourth-order valence-corrected chi connectivity index (χ4v) is 4.28. The molecule has 2 aromatic rings. The molecular formula is C19H23ClN4O3S. The van der Waals surface area contributed by atoms with E-state index in [4.69, 9.17) is 11.6 Å². The van der Waals surface area contributed by atoms with Gasteiger partial charge in [-0.15, -0.1) is 0 Å². The molecule has 0 radical (unpaired) electrons. The van der Waals surface area contributed by atoms with Gasteiger partial charge in [-0.25, -0.2) is 8.42 Å². The standard InChI is InChI=1S/C19H23ClN4O3S/c1-21-19(25)17-13-14(20)3-8-18(17)22-28(26,27)16-6-4-15(5-7-16)24-11-9-23(2)10-12-24/h3-8,13,22H,9-12H2,1-2H3,(H,21,25). The van der Waals surface area contributed by atoms with Gasteiger partial charge in [-0.2, -0.15) is 0 Å². The van der Waals surface area contributed by atoms with Gasteiger partial charge in [0.1, 0.15) is 0 Å². The Balaban J connectivity index is 1.81. The van der Waals surface area contributed by atoms with Gasteiger partial charge in [-0.3, -0.25) is 9.52 Å². The second-order valence-corrected chi connectivity index (χ2v) is 8.78. The summed E-state index contributed by atoms with van der Waals surface area (Å²) in [6.07, 6.45) is 0. The Morgan fingerprint density at radius 1 is 1.04 bits per heavy atom. The summed E-state index contributed by atoms with van der Waals surface area (Å²) in [6, 6.07) is 11.2. The second kappa shape index (κ2) is 8.38. The highest BCUT2D eigenvalue weighted by atomic mass is 35.5. The minimum Gasteiger partial charge on any atom is -0.369 e. The van der Waals surface area contributed by atoms with E-state index in [9.17, 15) is 13.2 Å². The van der Waals surface area contributed by atoms with Crippen LogP contribution in [0.5, 0.6) is 0 Å². The smallest absolute Gasteiger partial charge is 0.261 e. The number of sulfonamides is 1. The van der Waals surface area contributed by atoms with Crippen LogP contribution in [0.3, 0.4) is 0 Å². The Bertz CT molecular complexity index is 956. The summed E-state index contributed by atoms with van der Waals surface area (Å²) in [5.41, 5.74) is 1.32. The molecule has 0 spiro atoms. The van der Waals surface area contributed by atoms with E-state index >= 15 is 0 Å². The van der Waals surface area contributed by atoms with Gasteiger partial charge in [0.25, 0.3) is 15.9 Å². The zero-order valence-electron chi connectivity index (χ0n) is 15.8. The number of likely N-dealkylation sites (N-methyl/N-ethyl adjacent to an activating group) is 1. The lowest BCUT2D eigenvalue weighted by Crippen LogP contribution is -2.44. The quantitative estimate of drug-likeness (QED) is 0.772. The summed E-state index contributed by atoms with van der Waals surface area (Å²) in [6.45, 7) is 3.75. The maximum atomic E-state index is 12.8. The molecule has 3 rings (SSSR count). The first-order chi connectivity index (χ1) is 13.3. The fraction of sp³-hybridized carbons (Fsp3) is 0.316. The summed E-state index contributed by atoms with van der Waals surface area (Å²) >= 11 is 5.94. The van der Waals surface area contributed by atoms with Crippen molar-refractivity contribution in [2.75, 3.05) is 49.9 Å². The number of nitrogens with one attached hydrogen (secondary N) is 2. The molecule has 1 fully saturated rings. The van der Waals surface area contributed by atoms with Crippen LogP contribution in [0.25, 0.3) is 0 Å². The molecular weight excluding hydrogens is 400 g/mol. The molecule has 7 nitrogen and oxygen atoms in total. The number of benzene rings is 2. The molecule has 1 heterocycles. The molecule has 1 saturated heterocycles. The monoisotopic (exact) mass is 422 g/mol. The van der Waals surface area contributed by atoms with Crippen LogP contribution in [0, 0.1) is 0 Å². The number of hydrogen-bond acceptors (Lipinski definition) is 5. The zero-order chi connectivity index (χ0) is 20.3. The normalized spacial score (nSPS) is 15.3. The molecule has 0 unspecified atom stereocenters. The molecule has 1 aliphatic heterocycles. The highest BCUT2D eigenvalue weighted by molar-refractivity contribution is 7.92. The Hall–Kier alpha value is -2.29. The van der Waals surface area contributed by atoms with E-state index in [0.717, 1.165) is 31.9 Å². The maximum absolute atomic E-state index is 12.8. The lowest BCUT2D eigenvalue weighted by molar-refractivity contribution is 0.0964. The van der Waals surface area contributed by atoms with Crippen molar-refractivity contribution >= 4 is 38.9 Å². The molecule has 2 N–H and O–H groups in total. The van der Waals surface area contributed by atoms with Crippen molar-refractivity contribution in [2.45, 2.75) is 4.90 Å². The lowest BCUT2D eigenvalue weighted by Gasteiger charge is -2.34. The number of hydrogen-bond donors (Lipinski definition) is 2. The Morgan fingerprint density at radius 2 is 1.68 bits per heavy atom. The van der Waals surface area contributed by atoms with Crippen LogP contribution in [0.2, 0.25) is 5.02 Å². The summed E-state index contributed by atoms with van der Waals surface area (Å²) in [7, 11) is -0.290. The van der Waals surface area contributed by atoms with Crippen molar-refractivity contribution < 1.29 is 13.2 Å². The summed E-state index contributed by atoms with van der Waals surface area (Å²) < 4.78 is 28.1. The number of nitrogens with zero attached hydrogens (tertiary/aromatic N) is 2. The third-order valence-corrected chi connectivity index (χ3v) is 6.33. The average Bonchev–Trinajstić information content (AvgIpc) is 2.69. The molecule has 9 heteroatoms. The third-order valence-electron chi connectivity index (χ3n) is 4.71. The van der Waals surface area contributed by atoms with E-state index in [2.05, 4.69) is 26.9 Å². The van der Waals surface area contributed by atoms with Crippen molar-refractivity contribution in [3.8, 4) is 0 Å². The lowest BCUT2D eigenvalue weighted by atomic mass is 10.2. The molecule has 0 saturated carbocycles. The summed E-state index contributed by atoms with van der Waals surface area (Å²) in [5.74, 6) is -0.425. The van der Waals surface area contributed by atoms with Crippen LogP contribution >= 0.6 is 11.6 Å². The van der Waals surface area contributed by atoms with Crippen LogP contribution in [0.1, 0.15) is 10.4 Å². The molecule has 0 aromatic heterocycles. The van der Waals surface area contributed by atoms with Gasteiger partial charge in [0, 0.05) is 43.9 Å². The van der Waals surface area contributed by atoms with Gasteiger partial charge in [0.2, 0.25) is 0 Å². The van der Waals surface area contributed by atoms with Gasteiger partial charge in [0.15, 0.2) is 0 Å². The molecule has 150 valence electrons. The number of carbonyl (C=O) groups is 1. The van der Waals surface area contributed by atoms with Crippen molar-refractivity contribution in [3.05, 3.63) is 53.1 Å². The molecule has 28 heavy (non-hydrogen) atoms. The van der Waals surface area contributed by atoms with Crippen LogP contribution in [-0.4, -0.2) is 59.5 Å². The highest BCUT2D eigenvalue weighted by Crippen LogP contribution is 2.25. The number of piperazine rings is 1. The van der Waals surface area contributed by atoms with Crippen molar-refractivity contribution in [3.63, 3.8) is 0 Å². The number of anilines is 2. The fourth-order valence-electron chi connectivity index (χ4n) is 3.03.